The van der Waals surface area contributed by atoms with Gasteiger partial charge in [0, 0.05) is 26.2 Å². The van der Waals surface area contributed by atoms with Gasteiger partial charge in [0.2, 0.25) is 11.7 Å². The first-order valence-corrected chi connectivity index (χ1v) is 5.39. The number of piperazine rings is 1. The second-order valence-corrected chi connectivity index (χ2v) is 4.07. The summed E-state index contributed by atoms with van der Waals surface area (Å²) in [7, 11) is 1.73. The zero-order chi connectivity index (χ0) is 13.3. The van der Waals surface area contributed by atoms with Gasteiger partial charge < -0.3 is 15.5 Å². The standard InChI is InChI=1S/C10H13N5O3/c1-13-4-5-14(6-9(13)16)8-3-2-7(15(17)18)10(11)12-8/h2-3H,4-6H2,1H3,(H2,11,12). The summed E-state index contributed by atoms with van der Waals surface area (Å²) < 4.78 is 0. The molecule has 8 heteroatoms. The molecule has 0 unspecified atom stereocenters. The third-order valence-corrected chi connectivity index (χ3v) is 2.87. The van der Waals surface area contributed by atoms with Crippen molar-refractivity contribution in [3.05, 3.63) is 22.2 Å². The summed E-state index contributed by atoms with van der Waals surface area (Å²) in [5.41, 5.74) is 5.29. The first-order valence-electron chi connectivity index (χ1n) is 5.39. The Bertz CT molecular complexity index is 504. The summed E-state index contributed by atoms with van der Waals surface area (Å²) in [6.45, 7) is 1.44. The smallest absolute Gasteiger partial charge is 0.311 e. The number of aromatic nitrogens is 1. The molecular weight excluding hydrogens is 238 g/mol. The fourth-order valence-electron chi connectivity index (χ4n) is 1.74. The Balaban J connectivity index is 2.22. The number of amides is 1. The summed E-state index contributed by atoms with van der Waals surface area (Å²) in [6.07, 6.45) is 0. The van der Waals surface area contributed by atoms with Crippen molar-refractivity contribution in [2.45, 2.75) is 0 Å². The molecule has 8 nitrogen and oxygen atoms in total. The van der Waals surface area contributed by atoms with Gasteiger partial charge in [0.05, 0.1) is 11.5 Å². The van der Waals surface area contributed by atoms with Gasteiger partial charge in [-0.1, -0.05) is 0 Å². The van der Waals surface area contributed by atoms with E-state index in [1.54, 1.807) is 16.8 Å². The van der Waals surface area contributed by atoms with Crippen LogP contribution < -0.4 is 10.6 Å². The van der Waals surface area contributed by atoms with Gasteiger partial charge in [0.15, 0.2) is 0 Å². The molecule has 0 bridgehead atoms. The Morgan fingerprint density at radius 1 is 1.44 bits per heavy atom. The number of rotatable bonds is 2. The van der Waals surface area contributed by atoms with Gasteiger partial charge in [-0.3, -0.25) is 14.9 Å². The molecule has 1 aromatic rings. The minimum Gasteiger partial charge on any atom is -0.378 e. The normalized spacial score (nSPS) is 15.9. The van der Waals surface area contributed by atoms with Crippen molar-refractivity contribution in [2.24, 2.45) is 0 Å². The van der Waals surface area contributed by atoms with Crippen molar-refractivity contribution in [1.29, 1.82) is 0 Å². The molecule has 96 valence electrons. The number of carbonyl (C=O) groups excluding carboxylic acids is 1. The molecule has 1 fully saturated rings. The van der Waals surface area contributed by atoms with Gasteiger partial charge in [-0.25, -0.2) is 4.98 Å². The van der Waals surface area contributed by atoms with E-state index < -0.39 is 4.92 Å². The van der Waals surface area contributed by atoms with E-state index in [1.807, 2.05) is 0 Å². The summed E-state index contributed by atoms with van der Waals surface area (Å²) >= 11 is 0. The Hall–Kier alpha value is -2.38. The maximum Gasteiger partial charge on any atom is 0.311 e. The SMILES string of the molecule is CN1CCN(c2ccc([N+](=O)[O-])c(N)n2)CC1=O. The molecule has 1 saturated heterocycles. The Kier molecular flexibility index (Phi) is 3.00. The number of nitrogen functional groups attached to an aromatic ring is 1. The van der Waals surface area contributed by atoms with Crippen LogP contribution in [0.25, 0.3) is 0 Å². The second kappa shape index (κ2) is 4.47. The number of pyridine rings is 1. The van der Waals surface area contributed by atoms with Gasteiger partial charge in [-0.05, 0) is 6.07 Å². The highest BCUT2D eigenvalue weighted by Gasteiger charge is 2.23. The second-order valence-electron chi connectivity index (χ2n) is 4.07. The highest BCUT2D eigenvalue weighted by atomic mass is 16.6. The molecule has 2 N–H and O–H groups in total. The fourth-order valence-corrected chi connectivity index (χ4v) is 1.74. The largest absolute Gasteiger partial charge is 0.378 e. The van der Waals surface area contributed by atoms with Crippen molar-refractivity contribution < 1.29 is 9.72 Å². The molecule has 2 heterocycles. The van der Waals surface area contributed by atoms with E-state index in [1.165, 1.54) is 12.1 Å². The average molecular weight is 251 g/mol. The van der Waals surface area contributed by atoms with E-state index in [2.05, 4.69) is 4.98 Å². The van der Waals surface area contributed by atoms with Gasteiger partial charge in [-0.2, -0.15) is 0 Å². The van der Waals surface area contributed by atoms with E-state index in [4.69, 9.17) is 5.73 Å². The molecular formula is C10H13N5O3. The average Bonchev–Trinajstić information content (AvgIpc) is 2.32. The van der Waals surface area contributed by atoms with Gasteiger partial charge >= 0.3 is 5.69 Å². The van der Waals surface area contributed by atoms with Crippen LogP contribution in [0.1, 0.15) is 0 Å². The minimum atomic E-state index is -0.582. The van der Waals surface area contributed by atoms with Crippen LogP contribution in [0.2, 0.25) is 0 Å². The summed E-state index contributed by atoms with van der Waals surface area (Å²) in [5.74, 6) is 0.336. The molecule has 1 aromatic heterocycles. The third kappa shape index (κ3) is 2.17. The molecule has 1 aliphatic rings. The van der Waals surface area contributed by atoms with E-state index in [0.29, 0.717) is 18.9 Å². The lowest BCUT2D eigenvalue weighted by molar-refractivity contribution is -0.384. The Morgan fingerprint density at radius 3 is 2.72 bits per heavy atom. The van der Waals surface area contributed by atoms with Crippen LogP contribution >= 0.6 is 0 Å². The van der Waals surface area contributed by atoms with Crippen LogP contribution in [0.4, 0.5) is 17.3 Å². The summed E-state index contributed by atoms with van der Waals surface area (Å²) in [5, 5.41) is 10.6. The van der Waals surface area contributed by atoms with Crippen LogP contribution in [0.3, 0.4) is 0 Å². The molecule has 0 saturated carbocycles. The predicted octanol–water partition coefficient (Wildman–Crippen LogP) is -0.150. The van der Waals surface area contributed by atoms with Crippen LogP contribution in [-0.4, -0.2) is 47.4 Å². The van der Waals surface area contributed by atoms with Gasteiger partial charge in [-0.15, -0.1) is 0 Å². The number of nitrogens with zero attached hydrogens (tertiary/aromatic N) is 4. The molecule has 2 rings (SSSR count). The van der Waals surface area contributed by atoms with Gasteiger partial charge in [0.1, 0.15) is 5.82 Å². The van der Waals surface area contributed by atoms with E-state index >= 15 is 0 Å². The van der Waals surface area contributed by atoms with E-state index in [-0.39, 0.29) is 24.0 Å². The quantitative estimate of drug-likeness (QED) is 0.578. The molecule has 0 radical (unpaired) electrons. The maximum atomic E-state index is 11.6. The zero-order valence-corrected chi connectivity index (χ0v) is 9.87. The number of likely N-dealkylation sites (N-methyl/N-ethyl adjacent to an activating group) is 1. The fraction of sp³-hybridized carbons (Fsp3) is 0.400. The highest BCUT2D eigenvalue weighted by Crippen LogP contribution is 2.23. The van der Waals surface area contributed by atoms with Crippen LogP contribution in [0.5, 0.6) is 0 Å². The molecule has 18 heavy (non-hydrogen) atoms. The molecule has 1 aliphatic heterocycles. The topological polar surface area (TPSA) is 106 Å². The first kappa shape index (κ1) is 12.1. The minimum absolute atomic E-state index is 0.0139. The van der Waals surface area contributed by atoms with Crippen molar-refractivity contribution >= 4 is 23.2 Å². The van der Waals surface area contributed by atoms with E-state index in [9.17, 15) is 14.9 Å². The number of hydrogen-bond donors (Lipinski definition) is 1. The Labute approximate surface area is 103 Å². The maximum absolute atomic E-state index is 11.6. The van der Waals surface area contributed by atoms with Crippen LogP contribution in [-0.2, 0) is 4.79 Å². The highest BCUT2D eigenvalue weighted by molar-refractivity contribution is 5.82. The van der Waals surface area contributed by atoms with Crippen LogP contribution in [0, 0.1) is 10.1 Å². The van der Waals surface area contributed by atoms with Gasteiger partial charge in [0.25, 0.3) is 0 Å². The summed E-state index contributed by atoms with van der Waals surface area (Å²) in [4.78, 5) is 28.9. The monoisotopic (exact) mass is 251 g/mol. The lowest BCUT2D eigenvalue weighted by atomic mass is 10.3. The third-order valence-electron chi connectivity index (χ3n) is 2.87. The molecule has 0 spiro atoms. The lowest BCUT2D eigenvalue weighted by Gasteiger charge is -2.32. The number of nitro groups is 1. The number of hydrogen-bond acceptors (Lipinski definition) is 6. The molecule has 0 aromatic carbocycles. The molecule has 0 aliphatic carbocycles. The molecule has 0 atom stereocenters. The van der Waals surface area contributed by atoms with Crippen molar-refractivity contribution in [1.82, 2.24) is 9.88 Å². The van der Waals surface area contributed by atoms with E-state index in [0.717, 1.165) is 0 Å². The summed E-state index contributed by atoms with van der Waals surface area (Å²) in [6, 6.07) is 2.81. The van der Waals surface area contributed by atoms with Crippen molar-refractivity contribution in [2.75, 3.05) is 37.3 Å². The first-order chi connectivity index (χ1) is 8.49. The predicted molar refractivity (Wildman–Crippen MR) is 65.2 cm³/mol. The number of anilines is 2. The number of carbonyl (C=O) groups is 1. The number of nitrogens with two attached hydrogens (primary N) is 1. The zero-order valence-electron chi connectivity index (χ0n) is 9.87. The molecule has 1 amide bonds. The lowest BCUT2D eigenvalue weighted by Crippen LogP contribution is -2.48. The Morgan fingerprint density at radius 2 is 2.17 bits per heavy atom. The van der Waals surface area contributed by atoms with Crippen molar-refractivity contribution in [3.8, 4) is 0 Å². The van der Waals surface area contributed by atoms with Crippen LogP contribution in [0.15, 0.2) is 12.1 Å². The van der Waals surface area contributed by atoms with Crippen molar-refractivity contribution in [3.63, 3.8) is 0 Å².